The highest BCUT2D eigenvalue weighted by Crippen LogP contribution is 2.38. The zero-order valence-corrected chi connectivity index (χ0v) is 15.7. The number of hydrazone groups is 1. The van der Waals surface area contributed by atoms with E-state index in [-0.39, 0.29) is 11.7 Å². The molecule has 2 N–H and O–H groups in total. The van der Waals surface area contributed by atoms with E-state index in [1.54, 1.807) is 41.0 Å². The lowest BCUT2D eigenvalue weighted by molar-refractivity contribution is 0.0997. The van der Waals surface area contributed by atoms with Gasteiger partial charge in [-0.1, -0.05) is 23.5 Å². The van der Waals surface area contributed by atoms with Crippen LogP contribution in [0.4, 0.5) is 10.1 Å². The average molecular weight is 401 g/mol. The first-order valence-electron chi connectivity index (χ1n) is 7.52. The summed E-state index contributed by atoms with van der Waals surface area (Å²) in [7, 11) is 0. The van der Waals surface area contributed by atoms with Crippen LogP contribution in [0, 0.1) is 0 Å². The highest BCUT2D eigenvalue weighted by atomic mass is 32.1. The fourth-order valence-electron chi connectivity index (χ4n) is 2.12. The van der Waals surface area contributed by atoms with Crippen molar-refractivity contribution in [2.24, 2.45) is 5.10 Å². The van der Waals surface area contributed by atoms with Gasteiger partial charge >= 0.3 is 0 Å². The van der Waals surface area contributed by atoms with E-state index in [1.807, 2.05) is 35.0 Å². The number of aromatic nitrogens is 1. The van der Waals surface area contributed by atoms with Crippen LogP contribution in [0.2, 0.25) is 0 Å². The summed E-state index contributed by atoms with van der Waals surface area (Å²) in [6.45, 7) is 0. The minimum absolute atomic E-state index is 0.251. The first-order valence-corrected chi connectivity index (χ1v) is 10.1. The minimum Gasteiger partial charge on any atom is -0.459 e. The quantitative estimate of drug-likeness (QED) is 0.343. The highest BCUT2D eigenvalue weighted by Gasteiger charge is 2.18. The molecule has 0 aliphatic heterocycles. The summed E-state index contributed by atoms with van der Waals surface area (Å²) in [5, 5.41) is 12.3. The Bertz CT molecular complexity index is 1000. The fraction of sp³-hybridized carbons (Fsp3) is 0. The Balaban J connectivity index is 1.57. The van der Waals surface area contributed by atoms with Crippen LogP contribution >= 0.6 is 34.0 Å². The summed E-state index contributed by atoms with van der Waals surface area (Å²) < 4.78 is 5.15. The number of hydrogen-bond donors (Lipinski definition) is 2. The van der Waals surface area contributed by atoms with E-state index >= 15 is 0 Å². The summed E-state index contributed by atoms with van der Waals surface area (Å²) in [4.78, 5) is 18.9. The zero-order valence-electron chi connectivity index (χ0n) is 13.2. The van der Waals surface area contributed by atoms with Gasteiger partial charge in [0.2, 0.25) is 5.13 Å². The molecule has 0 atom stereocenters. The van der Waals surface area contributed by atoms with Gasteiger partial charge < -0.3 is 9.73 Å². The molecule has 0 aliphatic rings. The van der Waals surface area contributed by atoms with Crippen LogP contribution in [0.3, 0.4) is 0 Å². The smallest absolute Gasteiger partial charge is 0.292 e. The standard InChI is InChI=1S/C17H12N4O2S3/c22-15(12-5-1-7-23-12)20-16-14(13-6-3-9-25-13)19-17(26-16)21-18-10-11-4-2-8-24-11/h1-10H,(H,19,21)(H,20,22). The fourth-order valence-corrected chi connectivity index (χ4v) is 4.32. The number of nitrogens with one attached hydrogen (secondary N) is 2. The van der Waals surface area contributed by atoms with Crippen molar-refractivity contribution in [2.75, 3.05) is 10.7 Å². The maximum atomic E-state index is 12.3. The van der Waals surface area contributed by atoms with Crippen LogP contribution in [0.25, 0.3) is 10.6 Å². The molecule has 0 saturated heterocycles. The summed E-state index contributed by atoms with van der Waals surface area (Å²) in [6.07, 6.45) is 3.20. The number of nitrogens with zero attached hydrogens (tertiary/aromatic N) is 2. The molecular formula is C17H12N4O2S3. The van der Waals surface area contributed by atoms with Crippen molar-refractivity contribution in [3.05, 3.63) is 64.1 Å². The monoisotopic (exact) mass is 400 g/mol. The molecule has 4 aromatic heterocycles. The van der Waals surface area contributed by atoms with Gasteiger partial charge in [-0.2, -0.15) is 5.10 Å². The second-order valence-corrected chi connectivity index (χ2v) is 7.92. The normalized spacial score (nSPS) is 11.1. The number of carbonyl (C=O) groups is 1. The molecule has 4 aromatic rings. The maximum absolute atomic E-state index is 12.3. The topological polar surface area (TPSA) is 79.5 Å². The molecule has 0 radical (unpaired) electrons. The zero-order chi connectivity index (χ0) is 17.8. The van der Waals surface area contributed by atoms with Gasteiger partial charge in [0.05, 0.1) is 17.4 Å². The second-order valence-electron chi connectivity index (χ2n) is 4.99. The molecule has 0 aliphatic carbocycles. The van der Waals surface area contributed by atoms with Gasteiger partial charge in [-0.15, -0.1) is 22.7 Å². The Morgan fingerprint density at radius 3 is 2.77 bits per heavy atom. The molecule has 4 rings (SSSR count). The van der Waals surface area contributed by atoms with Crippen LogP contribution in [0.5, 0.6) is 0 Å². The number of furan rings is 1. The number of thiazole rings is 1. The first-order chi connectivity index (χ1) is 12.8. The Hall–Kier alpha value is -2.75. The van der Waals surface area contributed by atoms with Gasteiger partial charge in [0.25, 0.3) is 5.91 Å². The van der Waals surface area contributed by atoms with E-state index in [1.165, 1.54) is 17.6 Å². The number of rotatable bonds is 6. The Labute approximate surface area is 160 Å². The van der Waals surface area contributed by atoms with Crippen LogP contribution in [0.1, 0.15) is 15.4 Å². The second kappa shape index (κ2) is 7.65. The van der Waals surface area contributed by atoms with Crippen LogP contribution in [0.15, 0.2) is 62.9 Å². The molecule has 1 amide bonds. The van der Waals surface area contributed by atoms with E-state index in [0.29, 0.717) is 15.8 Å². The SMILES string of the molecule is O=C(Nc1sc(NN=Cc2cccs2)nc1-c1cccs1)c1ccco1. The molecule has 26 heavy (non-hydrogen) atoms. The van der Waals surface area contributed by atoms with Gasteiger partial charge in [-0.05, 0) is 35.0 Å². The number of thiophene rings is 2. The summed E-state index contributed by atoms with van der Waals surface area (Å²) in [6, 6.07) is 11.1. The number of anilines is 2. The van der Waals surface area contributed by atoms with E-state index in [4.69, 9.17) is 4.42 Å². The predicted molar refractivity (Wildman–Crippen MR) is 108 cm³/mol. The molecule has 4 heterocycles. The molecule has 0 unspecified atom stereocenters. The summed E-state index contributed by atoms with van der Waals surface area (Å²) >= 11 is 4.48. The molecule has 0 saturated carbocycles. The molecule has 0 bridgehead atoms. The molecule has 0 fully saturated rings. The van der Waals surface area contributed by atoms with Crippen molar-refractivity contribution in [3.63, 3.8) is 0 Å². The van der Waals surface area contributed by atoms with Gasteiger partial charge in [-0.3, -0.25) is 10.2 Å². The van der Waals surface area contributed by atoms with Crippen molar-refractivity contribution in [3.8, 4) is 10.6 Å². The number of amides is 1. The maximum Gasteiger partial charge on any atom is 0.292 e. The number of hydrogen-bond acceptors (Lipinski definition) is 8. The van der Waals surface area contributed by atoms with E-state index < -0.39 is 0 Å². The van der Waals surface area contributed by atoms with Crippen molar-refractivity contribution < 1.29 is 9.21 Å². The van der Waals surface area contributed by atoms with Crippen molar-refractivity contribution in [1.82, 2.24) is 4.98 Å². The van der Waals surface area contributed by atoms with Crippen molar-refractivity contribution in [2.45, 2.75) is 0 Å². The first kappa shape index (κ1) is 16.7. The molecule has 9 heteroatoms. The van der Waals surface area contributed by atoms with Crippen LogP contribution in [-0.2, 0) is 0 Å². The lowest BCUT2D eigenvalue weighted by Crippen LogP contribution is -2.10. The average Bonchev–Trinajstić information content (AvgIpc) is 3.42. The Morgan fingerprint density at radius 1 is 1.15 bits per heavy atom. The van der Waals surface area contributed by atoms with Crippen LogP contribution < -0.4 is 10.7 Å². The van der Waals surface area contributed by atoms with Gasteiger partial charge in [0.15, 0.2) is 5.76 Å². The lowest BCUT2D eigenvalue weighted by atomic mass is 10.3. The van der Waals surface area contributed by atoms with Crippen molar-refractivity contribution >= 4 is 56.3 Å². The third-order valence-electron chi connectivity index (χ3n) is 3.25. The Kier molecular flexibility index (Phi) is 4.91. The summed E-state index contributed by atoms with van der Waals surface area (Å²) in [5.41, 5.74) is 3.63. The molecule has 0 spiro atoms. The van der Waals surface area contributed by atoms with Gasteiger partial charge in [-0.25, -0.2) is 4.98 Å². The van der Waals surface area contributed by atoms with Gasteiger partial charge in [0.1, 0.15) is 10.7 Å². The van der Waals surface area contributed by atoms with Crippen molar-refractivity contribution in [1.29, 1.82) is 0 Å². The predicted octanol–water partition coefficient (Wildman–Crippen LogP) is 5.22. The highest BCUT2D eigenvalue weighted by molar-refractivity contribution is 7.21. The van der Waals surface area contributed by atoms with Gasteiger partial charge in [0, 0.05) is 4.88 Å². The molecular weight excluding hydrogens is 388 g/mol. The molecule has 130 valence electrons. The molecule has 6 nitrogen and oxygen atoms in total. The van der Waals surface area contributed by atoms with E-state index in [0.717, 1.165) is 9.75 Å². The minimum atomic E-state index is -0.315. The third-order valence-corrected chi connectivity index (χ3v) is 5.81. The summed E-state index contributed by atoms with van der Waals surface area (Å²) in [5.74, 6) is -0.0640. The lowest BCUT2D eigenvalue weighted by Gasteiger charge is -2.01. The Morgan fingerprint density at radius 2 is 2.04 bits per heavy atom. The third kappa shape index (κ3) is 3.74. The number of carbonyl (C=O) groups excluding carboxylic acids is 1. The molecule has 0 aromatic carbocycles. The van der Waals surface area contributed by atoms with Crippen LogP contribution in [-0.4, -0.2) is 17.1 Å². The van der Waals surface area contributed by atoms with E-state index in [9.17, 15) is 4.79 Å². The largest absolute Gasteiger partial charge is 0.459 e. The van der Waals surface area contributed by atoms with E-state index in [2.05, 4.69) is 20.8 Å².